The van der Waals surface area contributed by atoms with Crippen molar-refractivity contribution in [3.63, 3.8) is 0 Å². The average Bonchev–Trinajstić information content (AvgIpc) is 2.68. The number of aromatic amines is 1. The summed E-state index contributed by atoms with van der Waals surface area (Å²) in [5.74, 6) is -1.73. The van der Waals surface area contributed by atoms with Crippen LogP contribution in [0.25, 0.3) is 5.70 Å². The molecule has 0 atom stereocenters. The predicted molar refractivity (Wildman–Crippen MR) is 108 cm³/mol. The van der Waals surface area contributed by atoms with Crippen LogP contribution in [0.2, 0.25) is 0 Å². The fraction of sp³-hybridized carbons (Fsp3) is 0.136. The third-order valence-electron chi connectivity index (χ3n) is 5.11. The molecule has 1 aliphatic heterocycles. The molecule has 0 amide bonds. The quantitative estimate of drug-likeness (QED) is 0.538. The number of nitrogens with zero attached hydrogens (tertiary/aromatic N) is 2. The van der Waals surface area contributed by atoms with Crippen LogP contribution in [0.3, 0.4) is 0 Å². The predicted octanol–water partition coefficient (Wildman–Crippen LogP) is 5.57. The van der Waals surface area contributed by atoms with Gasteiger partial charge in [-0.1, -0.05) is 12.6 Å². The van der Waals surface area contributed by atoms with Gasteiger partial charge in [-0.05, 0) is 37.3 Å². The maximum Gasteiger partial charge on any atom is 0.416 e. The lowest BCUT2D eigenvalue weighted by atomic mass is 10.0. The zero-order valence-electron chi connectivity index (χ0n) is 16.2. The molecule has 0 bridgehead atoms. The van der Waals surface area contributed by atoms with Gasteiger partial charge in [0.05, 0.1) is 22.6 Å². The Labute approximate surface area is 173 Å². The second-order valence-corrected chi connectivity index (χ2v) is 7.10. The van der Waals surface area contributed by atoms with Crippen LogP contribution in [0, 0.1) is 18.6 Å². The van der Waals surface area contributed by atoms with Crippen LogP contribution in [0.15, 0.2) is 59.9 Å². The number of H-pyrrole nitrogens is 1. The zero-order valence-corrected chi connectivity index (χ0v) is 16.2. The van der Waals surface area contributed by atoms with Gasteiger partial charge in [-0.15, -0.1) is 0 Å². The summed E-state index contributed by atoms with van der Waals surface area (Å²) in [4.78, 5) is 17.2. The number of aromatic nitrogens is 1. The first-order valence-electron chi connectivity index (χ1n) is 9.17. The molecule has 9 heteroatoms. The molecule has 160 valence electrons. The molecule has 1 aromatic heterocycles. The summed E-state index contributed by atoms with van der Waals surface area (Å²) >= 11 is 0. The number of rotatable bonds is 2. The summed E-state index contributed by atoms with van der Waals surface area (Å²) < 4.78 is 68.1. The molecule has 1 N–H and O–H groups in total. The molecule has 0 saturated heterocycles. The van der Waals surface area contributed by atoms with E-state index >= 15 is 0 Å². The Morgan fingerprint density at radius 2 is 1.65 bits per heavy atom. The first kappa shape index (κ1) is 20.6. The lowest BCUT2D eigenvalue weighted by Crippen LogP contribution is -2.40. The average molecular weight is 433 g/mol. The maximum absolute atomic E-state index is 14.6. The third-order valence-corrected chi connectivity index (χ3v) is 5.11. The first-order chi connectivity index (χ1) is 14.6. The molecule has 0 spiro atoms. The van der Waals surface area contributed by atoms with E-state index in [4.69, 9.17) is 0 Å². The molecule has 3 aromatic rings. The van der Waals surface area contributed by atoms with E-state index in [9.17, 15) is 26.7 Å². The molecule has 0 fully saturated rings. The molecular formula is C22H16F5N3O. The summed E-state index contributed by atoms with van der Waals surface area (Å²) in [6, 6.07) is 8.83. The normalized spacial score (nSPS) is 14.1. The molecule has 0 saturated carbocycles. The topological polar surface area (TPSA) is 39.3 Å². The molecule has 1 aliphatic rings. The van der Waals surface area contributed by atoms with Gasteiger partial charge in [0.25, 0.3) is 0 Å². The SMILES string of the molecule is C=C1c2ccc(C(F)(F)F)cc2N(c2ccc(F)cc2F)CN1c1ccc(=O)[nH]c1C. The van der Waals surface area contributed by atoms with Crippen molar-refractivity contribution in [2.24, 2.45) is 0 Å². The number of aryl methyl sites for hydroxylation is 1. The van der Waals surface area contributed by atoms with Gasteiger partial charge in [0.2, 0.25) is 5.56 Å². The van der Waals surface area contributed by atoms with Crippen LogP contribution in [0.4, 0.5) is 39.0 Å². The number of halogens is 5. The first-order valence-corrected chi connectivity index (χ1v) is 9.17. The number of pyridine rings is 1. The van der Waals surface area contributed by atoms with Gasteiger partial charge < -0.3 is 14.8 Å². The van der Waals surface area contributed by atoms with Gasteiger partial charge in [-0.25, -0.2) is 8.78 Å². The molecule has 2 heterocycles. The van der Waals surface area contributed by atoms with E-state index in [1.165, 1.54) is 23.1 Å². The Morgan fingerprint density at radius 3 is 2.29 bits per heavy atom. The highest BCUT2D eigenvalue weighted by atomic mass is 19.4. The summed E-state index contributed by atoms with van der Waals surface area (Å²) in [6.45, 7) is 5.56. The second-order valence-electron chi connectivity index (χ2n) is 7.10. The largest absolute Gasteiger partial charge is 0.416 e. The van der Waals surface area contributed by atoms with Crippen LogP contribution >= 0.6 is 0 Å². The number of anilines is 3. The van der Waals surface area contributed by atoms with E-state index in [-0.39, 0.29) is 23.6 Å². The lowest BCUT2D eigenvalue weighted by Gasteiger charge is -2.41. The van der Waals surface area contributed by atoms with Crippen molar-refractivity contribution in [1.29, 1.82) is 0 Å². The molecule has 4 rings (SSSR count). The monoisotopic (exact) mass is 433 g/mol. The molecule has 31 heavy (non-hydrogen) atoms. The number of benzene rings is 2. The van der Waals surface area contributed by atoms with E-state index in [1.54, 1.807) is 17.9 Å². The zero-order chi connectivity index (χ0) is 22.5. The maximum atomic E-state index is 14.6. The molecule has 0 aliphatic carbocycles. The van der Waals surface area contributed by atoms with Crippen molar-refractivity contribution < 1.29 is 22.0 Å². The summed E-state index contributed by atoms with van der Waals surface area (Å²) in [7, 11) is 0. The third kappa shape index (κ3) is 3.67. The molecule has 2 aromatic carbocycles. The van der Waals surface area contributed by atoms with Gasteiger partial charge in [0.15, 0.2) is 0 Å². The van der Waals surface area contributed by atoms with Crippen molar-refractivity contribution >= 4 is 22.8 Å². The summed E-state index contributed by atoms with van der Waals surface area (Å²) in [6.07, 6.45) is -4.60. The van der Waals surface area contributed by atoms with Crippen LogP contribution in [0.1, 0.15) is 16.8 Å². The number of hydrogen-bond donors (Lipinski definition) is 1. The van der Waals surface area contributed by atoms with Crippen molar-refractivity contribution in [1.82, 2.24) is 4.98 Å². The Bertz CT molecular complexity index is 1250. The van der Waals surface area contributed by atoms with Gasteiger partial charge in [0.1, 0.15) is 18.3 Å². The number of alkyl halides is 3. The number of hydrogen-bond acceptors (Lipinski definition) is 3. The van der Waals surface area contributed by atoms with Crippen LogP contribution in [0.5, 0.6) is 0 Å². The van der Waals surface area contributed by atoms with Gasteiger partial charge in [-0.2, -0.15) is 13.2 Å². The van der Waals surface area contributed by atoms with E-state index in [2.05, 4.69) is 11.6 Å². The van der Waals surface area contributed by atoms with Crippen LogP contribution < -0.4 is 15.4 Å². The van der Waals surface area contributed by atoms with E-state index in [1.807, 2.05) is 0 Å². The van der Waals surface area contributed by atoms with E-state index in [0.717, 1.165) is 18.2 Å². The molecule has 0 radical (unpaired) electrons. The van der Waals surface area contributed by atoms with Crippen LogP contribution in [-0.2, 0) is 6.18 Å². The lowest BCUT2D eigenvalue weighted by molar-refractivity contribution is -0.137. The van der Waals surface area contributed by atoms with Crippen LogP contribution in [-0.4, -0.2) is 11.7 Å². The minimum Gasteiger partial charge on any atom is -0.324 e. The van der Waals surface area contributed by atoms with Crippen molar-refractivity contribution in [2.45, 2.75) is 13.1 Å². The molecule has 4 nitrogen and oxygen atoms in total. The van der Waals surface area contributed by atoms with E-state index in [0.29, 0.717) is 28.7 Å². The van der Waals surface area contributed by atoms with Gasteiger partial charge >= 0.3 is 6.18 Å². The Morgan fingerprint density at radius 1 is 0.935 bits per heavy atom. The smallest absolute Gasteiger partial charge is 0.324 e. The fourth-order valence-electron chi connectivity index (χ4n) is 3.61. The minimum atomic E-state index is -4.60. The Kier molecular flexibility index (Phi) is 4.83. The fourth-order valence-corrected chi connectivity index (χ4v) is 3.61. The summed E-state index contributed by atoms with van der Waals surface area (Å²) in [5, 5.41) is 0. The summed E-state index contributed by atoms with van der Waals surface area (Å²) in [5.41, 5.74) is 0.531. The minimum absolute atomic E-state index is 0.0867. The van der Waals surface area contributed by atoms with Gasteiger partial charge in [0, 0.05) is 29.1 Å². The highest BCUT2D eigenvalue weighted by Gasteiger charge is 2.35. The Hall–Kier alpha value is -3.62. The van der Waals surface area contributed by atoms with Crippen molar-refractivity contribution in [3.05, 3.63) is 93.9 Å². The highest BCUT2D eigenvalue weighted by molar-refractivity contribution is 5.91. The second kappa shape index (κ2) is 7.26. The number of nitrogens with one attached hydrogen (secondary N) is 1. The number of fused-ring (bicyclic) bond motifs is 1. The van der Waals surface area contributed by atoms with E-state index < -0.39 is 23.4 Å². The Balaban J connectivity index is 1.93. The molecule has 0 unspecified atom stereocenters. The highest BCUT2D eigenvalue weighted by Crippen LogP contribution is 2.44. The molecular weight excluding hydrogens is 417 g/mol. The van der Waals surface area contributed by atoms with Crippen molar-refractivity contribution in [2.75, 3.05) is 16.5 Å². The van der Waals surface area contributed by atoms with Gasteiger partial charge in [-0.3, -0.25) is 4.79 Å². The standard InChI is InChI=1S/C22H16F5N3O/c1-12-18(7-8-21(31)28-12)29-11-30(19-6-4-15(23)10-17(19)24)20-9-14(22(25,26)27)3-5-16(20)13(29)2/h3-10H,2,11H2,1H3,(H,28,31). The van der Waals surface area contributed by atoms with Crippen molar-refractivity contribution in [3.8, 4) is 0 Å².